The van der Waals surface area contributed by atoms with Gasteiger partial charge < -0.3 is 5.32 Å². The summed E-state index contributed by atoms with van der Waals surface area (Å²) in [4.78, 5) is 15.7. The Balaban J connectivity index is 1.71. The Morgan fingerprint density at radius 1 is 1.47 bits per heavy atom. The van der Waals surface area contributed by atoms with Gasteiger partial charge in [0.25, 0.3) is 11.8 Å². The number of hydrogen-bond donors (Lipinski definition) is 1. The molecule has 0 aromatic carbocycles. The lowest BCUT2D eigenvalue weighted by Crippen LogP contribution is -2.13. The minimum absolute atomic E-state index is 0.103. The molecule has 0 spiro atoms. The van der Waals surface area contributed by atoms with Gasteiger partial charge in [0.2, 0.25) is 0 Å². The molecule has 98 valence electrons. The van der Waals surface area contributed by atoms with E-state index in [1.165, 1.54) is 18.5 Å². The molecule has 1 aliphatic rings. The van der Waals surface area contributed by atoms with E-state index >= 15 is 0 Å². The van der Waals surface area contributed by atoms with Gasteiger partial charge in [0.15, 0.2) is 5.69 Å². The predicted molar refractivity (Wildman–Crippen MR) is 63.0 cm³/mol. The minimum Gasteiger partial charge on any atom is -0.319 e. The largest absolute Gasteiger partial charge is 0.319 e. The van der Waals surface area contributed by atoms with E-state index in [-0.39, 0.29) is 12.1 Å². The van der Waals surface area contributed by atoms with Crippen molar-refractivity contribution in [3.05, 3.63) is 42.5 Å². The molecule has 1 fully saturated rings. The van der Waals surface area contributed by atoms with Gasteiger partial charge in [-0.05, 0) is 18.2 Å². The molecule has 2 aromatic rings. The third-order valence-electron chi connectivity index (χ3n) is 2.87. The fraction of sp³-hybridized carbons (Fsp3) is 0.250. The standard InChI is InChI=1S/C12H10F2N4O/c13-12(14)6-10(12)18-5-3-9(17-18)11(19)16-8-2-1-4-15-7-8/h1-5,7,10H,6H2,(H,16,19). The van der Waals surface area contributed by atoms with Crippen LogP contribution >= 0.6 is 0 Å². The summed E-state index contributed by atoms with van der Waals surface area (Å²) < 4.78 is 26.9. The van der Waals surface area contributed by atoms with Crippen molar-refractivity contribution in [1.29, 1.82) is 0 Å². The summed E-state index contributed by atoms with van der Waals surface area (Å²) in [5.74, 6) is -3.15. The summed E-state index contributed by atoms with van der Waals surface area (Å²) >= 11 is 0. The number of halogens is 2. The van der Waals surface area contributed by atoms with Crippen LogP contribution in [0.3, 0.4) is 0 Å². The van der Waals surface area contributed by atoms with E-state index < -0.39 is 17.9 Å². The number of nitrogens with zero attached hydrogens (tertiary/aromatic N) is 3. The number of rotatable bonds is 3. The Kier molecular flexibility index (Phi) is 2.55. The number of carbonyl (C=O) groups excluding carboxylic acids is 1. The topological polar surface area (TPSA) is 59.8 Å². The molecular formula is C12H10F2N4O. The highest BCUT2D eigenvalue weighted by Gasteiger charge is 2.59. The molecule has 3 rings (SSSR count). The van der Waals surface area contributed by atoms with E-state index in [9.17, 15) is 13.6 Å². The molecule has 1 atom stereocenters. The molecule has 0 saturated heterocycles. The van der Waals surface area contributed by atoms with Crippen LogP contribution in [0, 0.1) is 0 Å². The molecule has 1 saturated carbocycles. The molecule has 19 heavy (non-hydrogen) atoms. The molecule has 0 radical (unpaired) electrons. The van der Waals surface area contributed by atoms with Crippen LogP contribution in [0.2, 0.25) is 0 Å². The van der Waals surface area contributed by atoms with Crippen LogP contribution in [-0.2, 0) is 0 Å². The Bertz CT molecular complexity index is 611. The number of aromatic nitrogens is 3. The molecule has 2 heterocycles. The monoisotopic (exact) mass is 264 g/mol. The van der Waals surface area contributed by atoms with Gasteiger partial charge in [0.05, 0.1) is 11.9 Å². The zero-order chi connectivity index (χ0) is 13.5. The molecule has 1 N–H and O–H groups in total. The number of carbonyl (C=O) groups is 1. The van der Waals surface area contributed by atoms with Crippen molar-refractivity contribution < 1.29 is 13.6 Å². The summed E-state index contributed by atoms with van der Waals surface area (Å²) in [5.41, 5.74) is 0.630. The van der Waals surface area contributed by atoms with E-state index in [1.54, 1.807) is 18.3 Å². The molecule has 2 aromatic heterocycles. The maximum Gasteiger partial charge on any atom is 0.276 e. The Morgan fingerprint density at radius 3 is 2.89 bits per heavy atom. The summed E-state index contributed by atoms with van der Waals surface area (Å²) in [6, 6.07) is 3.85. The average Bonchev–Trinajstić information content (AvgIpc) is 2.83. The fourth-order valence-electron chi connectivity index (χ4n) is 1.75. The third kappa shape index (κ3) is 2.31. The van der Waals surface area contributed by atoms with Gasteiger partial charge in [-0.15, -0.1) is 0 Å². The van der Waals surface area contributed by atoms with Crippen molar-refractivity contribution in [3.63, 3.8) is 0 Å². The summed E-state index contributed by atoms with van der Waals surface area (Å²) in [6.45, 7) is 0. The van der Waals surface area contributed by atoms with Gasteiger partial charge in [0, 0.05) is 18.8 Å². The molecule has 0 bridgehead atoms. The molecular weight excluding hydrogens is 254 g/mol. The van der Waals surface area contributed by atoms with Gasteiger partial charge in [-0.2, -0.15) is 5.10 Å². The van der Waals surface area contributed by atoms with Gasteiger partial charge >= 0.3 is 0 Å². The molecule has 1 amide bonds. The first-order chi connectivity index (χ1) is 9.06. The van der Waals surface area contributed by atoms with Crippen LogP contribution < -0.4 is 5.32 Å². The van der Waals surface area contributed by atoms with Crippen molar-refractivity contribution in [2.24, 2.45) is 0 Å². The molecule has 1 unspecified atom stereocenters. The zero-order valence-electron chi connectivity index (χ0n) is 9.75. The lowest BCUT2D eigenvalue weighted by Gasteiger charge is -2.02. The van der Waals surface area contributed by atoms with E-state index in [0.29, 0.717) is 5.69 Å². The Morgan fingerprint density at radius 2 is 2.26 bits per heavy atom. The van der Waals surface area contributed by atoms with Gasteiger partial charge in [-0.25, -0.2) is 8.78 Å². The first kappa shape index (κ1) is 11.8. The van der Waals surface area contributed by atoms with Crippen LogP contribution in [0.5, 0.6) is 0 Å². The van der Waals surface area contributed by atoms with Crippen LogP contribution in [0.15, 0.2) is 36.8 Å². The second kappa shape index (κ2) is 4.11. The smallest absolute Gasteiger partial charge is 0.276 e. The normalized spacial score (nSPS) is 20.0. The predicted octanol–water partition coefficient (Wildman–Crippen LogP) is 2.11. The van der Waals surface area contributed by atoms with Gasteiger partial charge in [-0.3, -0.25) is 14.5 Å². The first-order valence-electron chi connectivity index (χ1n) is 5.70. The van der Waals surface area contributed by atoms with Crippen molar-refractivity contribution >= 4 is 11.6 Å². The lowest BCUT2D eigenvalue weighted by atomic mass is 10.3. The average molecular weight is 264 g/mol. The number of anilines is 1. The van der Waals surface area contributed by atoms with Gasteiger partial charge in [0.1, 0.15) is 6.04 Å². The van der Waals surface area contributed by atoms with Crippen molar-refractivity contribution in [2.75, 3.05) is 5.32 Å². The second-order valence-electron chi connectivity index (χ2n) is 4.36. The van der Waals surface area contributed by atoms with Crippen molar-refractivity contribution in [3.8, 4) is 0 Å². The quantitative estimate of drug-likeness (QED) is 0.923. The minimum atomic E-state index is -2.71. The maximum atomic E-state index is 12.9. The fourth-order valence-corrected chi connectivity index (χ4v) is 1.75. The second-order valence-corrected chi connectivity index (χ2v) is 4.36. The number of nitrogens with one attached hydrogen (secondary N) is 1. The van der Waals surface area contributed by atoms with Crippen molar-refractivity contribution in [2.45, 2.75) is 18.4 Å². The zero-order valence-corrected chi connectivity index (χ0v) is 9.75. The van der Waals surface area contributed by atoms with Crippen LogP contribution in [0.25, 0.3) is 0 Å². The van der Waals surface area contributed by atoms with Crippen molar-refractivity contribution in [1.82, 2.24) is 14.8 Å². The van der Waals surface area contributed by atoms with Crippen LogP contribution in [0.1, 0.15) is 23.0 Å². The summed E-state index contributed by atoms with van der Waals surface area (Å²) in [5, 5.41) is 6.46. The number of amides is 1. The summed E-state index contributed by atoms with van der Waals surface area (Å²) in [7, 11) is 0. The number of hydrogen-bond acceptors (Lipinski definition) is 3. The van der Waals surface area contributed by atoms with E-state index in [2.05, 4.69) is 15.4 Å². The van der Waals surface area contributed by atoms with E-state index in [4.69, 9.17) is 0 Å². The SMILES string of the molecule is O=C(Nc1cccnc1)c1ccn(C2CC2(F)F)n1. The molecule has 1 aliphatic carbocycles. The Hall–Kier alpha value is -2.31. The summed E-state index contributed by atoms with van der Waals surface area (Å²) in [6.07, 6.45) is 4.24. The Labute approximate surface area is 107 Å². The maximum absolute atomic E-state index is 12.9. The third-order valence-corrected chi connectivity index (χ3v) is 2.87. The number of pyridine rings is 1. The highest BCUT2D eigenvalue weighted by atomic mass is 19.3. The van der Waals surface area contributed by atoms with E-state index in [0.717, 1.165) is 4.68 Å². The first-order valence-corrected chi connectivity index (χ1v) is 5.70. The highest BCUT2D eigenvalue weighted by Crippen LogP contribution is 2.52. The van der Waals surface area contributed by atoms with Crippen LogP contribution in [-0.4, -0.2) is 26.6 Å². The molecule has 7 heteroatoms. The lowest BCUT2D eigenvalue weighted by molar-refractivity contribution is 0.0966. The van der Waals surface area contributed by atoms with Gasteiger partial charge in [-0.1, -0.05) is 0 Å². The van der Waals surface area contributed by atoms with E-state index in [1.807, 2.05) is 0 Å². The number of alkyl halides is 2. The molecule has 0 aliphatic heterocycles. The molecule has 5 nitrogen and oxygen atoms in total. The van der Waals surface area contributed by atoms with Crippen LogP contribution in [0.4, 0.5) is 14.5 Å². The highest BCUT2D eigenvalue weighted by molar-refractivity contribution is 6.02.